The van der Waals surface area contributed by atoms with Crippen molar-refractivity contribution in [3.8, 4) is 22.5 Å². The van der Waals surface area contributed by atoms with Gasteiger partial charge in [-0.1, -0.05) is 115 Å². The van der Waals surface area contributed by atoms with Crippen LogP contribution in [0.1, 0.15) is 0 Å². The second-order valence-corrected chi connectivity index (χ2v) is 12.9. The van der Waals surface area contributed by atoms with E-state index in [1.165, 1.54) is 10.8 Å². The van der Waals surface area contributed by atoms with Gasteiger partial charge >= 0.3 is 0 Å². The van der Waals surface area contributed by atoms with Crippen LogP contribution in [-0.4, -0.2) is 15.0 Å². The Morgan fingerprint density at radius 2 is 1.02 bits per heavy atom. The lowest BCUT2D eigenvalue weighted by molar-refractivity contribution is 1.28. The van der Waals surface area contributed by atoms with E-state index in [4.69, 9.17) is 9.97 Å². The van der Waals surface area contributed by atoms with Crippen LogP contribution in [0.2, 0.25) is 0 Å². The predicted octanol–water partition coefficient (Wildman–Crippen LogP) is 12.4. The average Bonchev–Trinajstić information content (AvgIpc) is 3.21. The highest BCUT2D eigenvalue weighted by Gasteiger charge is 2.16. The number of aromatic nitrogens is 3. The highest BCUT2D eigenvalue weighted by Crippen LogP contribution is 2.40. The number of rotatable bonds is 5. The molecule has 7 aromatic carbocycles. The molecule has 0 fully saturated rings. The molecule has 0 amide bonds. The molecule has 0 aliphatic rings. The Labute approximate surface area is 294 Å². The van der Waals surface area contributed by atoms with Gasteiger partial charge in [-0.3, -0.25) is 4.98 Å². The van der Waals surface area contributed by atoms with E-state index in [1.54, 1.807) is 0 Å². The van der Waals surface area contributed by atoms with E-state index in [1.807, 2.05) is 12.3 Å². The van der Waals surface area contributed by atoms with Crippen molar-refractivity contribution in [3.05, 3.63) is 182 Å². The van der Waals surface area contributed by atoms with E-state index in [-0.39, 0.29) is 0 Å². The summed E-state index contributed by atoms with van der Waals surface area (Å²) in [5, 5.41) is 8.02. The first-order chi connectivity index (χ1) is 25.3. The van der Waals surface area contributed by atoms with Gasteiger partial charge in [0.05, 0.1) is 27.9 Å². The van der Waals surface area contributed by atoms with Crippen LogP contribution in [0.5, 0.6) is 0 Å². The minimum absolute atomic E-state index is 0.924. The highest BCUT2D eigenvalue weighted by atomic mass is 15.1. The molecule has 0 atom stereocenters. The van der Waals surface area contributed by atoms with Crippen molar-refractivity contribution in [3.63, 3.8) is 0 Å². The van der Waals surface area contributed by atoms with Crippen molar-refractivity contribution in [2.45, 2.75) is 0 Å². The zero-order chi connectivity index (χ0) is 33.7. The standard InChI is InChI=1S/C47H30N4/c1-3-11-36(12-4-1)51(37-13-5-2-6-14-37)38-24-19-32(20-25-38)45-41-27-21-34-30-35(22-26-39(34)44(41)40-15-7-8-16-43(40)50-45)42-28-23-33-18-17-31-10-9-29-48-46(31)47(33)49-42/h1-30H. The molecule has 0 N–H and O–H groups in total. The van der Waals surface area contributed by atoms with Crippen molar-refractivity contribution in [2.75, 3.05) is 4.90 Å². The van der Waals surface area contributed by atoms with Gasteiger partial charge in [-0.25, -0.2) is 9.97 Å². The Morgan fingerprint density at radius 3 is 1.80 bits per heavy atom. The smallest absolute Gasteiger partial charge is 0.0972 e. The molecule has 51 heavy (non-hydrogen) atoms. The summed E-state index contributed by atoms with van der Waals surface area (Å²) in [5.41, 5.74) is 10.2. The van der Waals surface area contributed by atoms with Crippen molar-refractivity contribution in [1.82, 2.24) is 15.0 Å². The first-order valence-corrected chi connectivity index (χ1v) is 17.2. The molecule has 3 aromatic heterocycles. The number of fused-ring (bicyclic) bond motifs is 8. The van der Waals surface area contributed by atoms with Gasteiger partial charge in [0.2, 0.25) is 0 Å². The van der Waals surface area contributed by atoms with Gasteiger partial charge in [0.1, 0.15) is 0 Å². The molecule has 0 spiro atoms. The maximum atomic E-state index is 5.26. The number of benzene rings is 7. The maximum Gasteiger partial charge on any atom is 0.0972 e. The monoisotopic (exact) mass is 650 g/mol. The Kier molecular flexibility index (Phi) is 6.78. The Morgan fingerprint density at radius 1 is 0.392 bits per heavy atom. The second kappa shape index (κ2) is 11.9. The fourth-order valence-electron chi connectivity index (χ4n) is 7.41. The van der Waals surface area contributed by atoms with Crippen LogP contribution in [0.15, 0.2) is 182 Å². The van der Waals surface area contributed by atoms with Gasteiger partial charge in [0.25, 0.3) is 0 Å². The first kappa shape index (κ1) is 29.0. The van der Waals surface area contributed by atoms with E-state index in [0.29, 0.717) is 0 Å². The summed E-state index contributed by atoms with van der Waals surface area (Å²) in [7, 11) is 0. The van der Waals surface area contributed by atoms with Crippen LogP contribution in [0.3, 0.4) is 0 Å². The van der Waals surface area contributed by atoms with Crippen LogP contribution in [0, 0.1) is 0 Å². The topological polar surface area (TPSA) is 41.9 Å². The molecule has 238 valence electrons. The zero-order valence-corrected chi connectivity index (χ0v) is 27.6. The van der Waals surface area contributed by atoms with Crippen LogP contribution < -0.4 is 4.90 Å². The van der Waals surface area contributed by atoms with Crippen molar-refractivity contribution < 1.29 is 0 Å². The molecular formula is C47H30N4. The molecule has 0 aliphatic heterocycles. The molecule has 10 aromatic rings. The molecule has 0 radical (unpaired) electrons. The van der Waals surface area contributed by atoms with E-state index in [2.05, 4.69) is 180 Å². The Hall–Kier alpha value is -6.91. The molecule has 0 saturated carbocycles. The first-order valence-electron chi connectivity index (χ1n) is 17.2. The van der Waals surface area contributed by atoms with Crippen molar-refractivity contribution in [2.24, 2.45) is 0 Å². The number of nitrogens with zero attached hydrogens (tertiary/aromatic N) is 4. The van der Waals surface area contributed by atoms with E-state index in [0.717, 1.165) is 83.1 Å². The van der Waals surface area contributed by atoms with Crippen molar-refractivity contribution in [1.29, 1.82) is 0 Å². The zero-order valence-electron chi connectivity index (χ0n) is 27.6. The Balaban J connectivity index is 1.11. The Bertz CT molecular complexity index is 2860. The largest absolute Gasteiger partial charge is 0.311 e. The van der Waals surface area contributed by atoms with E-state index < -0.39 is 0 Å². The number of hydrogen-bond acceptors (Lipinski definition) is 4. The van der Waals surface area contributed by atoms with Gasteiger partial charge < -0.3 is 4.90 Å². The summed E-state index contributed by atoms with van der Waals surface area (Å²) in [6.07, 6.45) is 1.84. The molecule has 0 saturated heterocycles. The fourth-order valence-corrected chi connectivity index (χ4v) is 7.41. The summed E-state index contributed by atoms with van der Waals surface area (Å²) in [6, 6.07) is 61.9. The summed E-state index contributed by atoms with van der Waals surface area (Å²) >= 11 is 0. The third-order valence-corrected chi connectivity index (χ3v) is 9.84. The highest BCUT2D eigenvalue weighted by molar-refractivity contribution is 6.22. The normalized spacial score (nSPS) is 11.5. The minimum atomic E-state index is 0.924. The molecule has 0 bridgehead atoms. The lowest BCUT2D eigenvalue weighted by atomic mass is 9.94. The van der Waals surface area contributed by atoms with Crippen LogP contribution in [0.25, 0.3) is 76.8 Å². The lowest BCUT2D eigenvalue weighted by Gasteiger charge is -2.25. The molecule has 0 unspecified atom stereocenters. The quantitative estimate of drug-likeness (QED) is 0.174. The van der Waals surface area contributed by atoms with Crippen molar-refractivity contribution >= 4 is 71.3 Å². The second-order valence-electron chi connectivity index (χ2n) is 12.9. The van der Waals surface area contributed by atoms with Gasteiger partial charge in [-0.2, -0.15) is 0 Å². The number of pyridine rings is 3. The van der Waals surface area contributed by atoms with Gasteiger partial charge in [-0.15, -0.1) is 0 Å². The third kappa shape index (κ3) is 4.96. The number of para-hydroxylation sites is 3. The minimum Gasteiger partial charge on any atom is -0.311 e. The third-order valence-electron chi connectivity index (χ3n) is 9.84. The van der Waals surface area contributed by atoms with Crippen LogP contribution in [-0.2, 0) is 0 Å². The van der Waals surface area contributed by atoms with Crippen LogP contribution >= 0.6 is 0 Å². The number of anilines is 3. The van der Waals surface area contributed by atoms with E-state index in [9.17, 15) is 0 Å². The fraction of sp³-hybridized carbons (Fsp3) is 0. The molecule has 4 nitrogen and oxygen atoms in total. The molecule has 0 aliphatic carbocycles. The number of hydrogen-bond donors (Lipinski definition) is 0. The maximum absolute atomic E-state index is 5.26. The van der Waals surface area contributed by atoms with Crippen LogP contribution in [0.4, 0.5) is 17.1 Å². The summed E-state index contributed by atoms with van der Waals surface area (Å²) in [5.74, 6) is 0. The summed E-state index contributed by atoms with van der Waals surface area (Å²) in [4.78, 5) is 17.3. The summed E-state index contributed by atoms with van der Waals surface area (Å²) < 4.78 is 0. The summed E-state index contributed by atoms with van der Waals surface area (Å²) in [6.45, 7) is 0. The molecular weight excluding hydrogens is 621 g/mol. The molecule has 10 rings (SSSR count). The van der Waals surface area contributed by atoms with Gasteiger partial charge in [-0.05, 0) is 71.4 Å². The average molecular weight is 651 g/mol. The SMILES string of the molecule is c1ccc(N(c2ccccc2)c2ccc(-c3nc4ccccc4c4c3ccc3cc(-c5ccc6ccc7cccnc7c6n5)ccc34)cc2)cc1. The van der Waals surface area contributed by atoms with Gasteiger partial charge in [0, 0.05) is 61.3 Å². The molecule has 4 heteroatoms. The van der Waals surface area contributed by atoms with E-state index >= 15 is 0 Å². The van der Waals surface area contributed by atoms with Gasteiger partial charge in [0.15, 0.2) is 0 Å². The predicted molar refractivity (Wildman–Crippen MR) is 213 cm³/mol. The molecule has 3 heterocycles. The lowest BCUT2D eigenvalue weighted by Crippen LogP contribution is -2.09.